The van der Waals surface area contributed by atoms with Gasteiger partial charge in [0, 0.05) is 17.3 Å². The minimum Gasteiger partial charge on any atom is -0.466 e. The maximum atomic E-state index is 15.1. The predicted molar refractivity (Wildman–Crippen MR) is 121 cm³/mol. The SMILES string of the molecule is COC(=O)C1=C(C(=O)N(Cc2ccc(Cl)nc2)c2cc(C(=O)OC)c(Cl)cc2F)CCCC1. The summed E-state index contributed by atoms with van der Waals surface area (Å²) in [6, 6.07) is 5.28. The van der Waals surface area contributed by atoms with Crippen molar-refractivity contribution in [2.75, 3.05) is 19.1 Å². The molecule has 0 bridgehead atoms. The van der Waals surface area contributed by atoms with E-state index < -0.39 is 23.7 Å². The standard InChI is InChI=1S/C23H21Cl2FN2O5/c1-32-22(30)15-6-4-3-5-14(15)21(29)28(12-13-7-8-20(25)27-11-13)19-9-16(23(31)33-2)17(24)10-18(19)26/h7-11H,3-6,12H2,1-2H3. The van der Waals surface area contributed by atoms with Crippen molar-refractivity contribution >= 4 is 46.7 Å². The largest absolute Gasteiger partial charge is 0.466 e. The first-order valence-corrected chi connectivity index (χ1v) is 10.8. The third-order valence-electron chi connectivity index (χ3n) is 5.26. The zero-order valence-corrected chi connectivity index (χ0v) is 19.5. The fraction of sp³-hybridized carbons (Fsp3) is 0.304. The van der Waals surface area contributed by atoms with Gasteiger partial charge in [0.05, 0.1) is 37.0 Å². The highest BCUT2D eigenvalue weighted by Gasteiger charge is 2.31. The van der Waals surface area contributed by atoms with E-state index in [1.165, 1.54) is 26.5 Å². The summed E-state index contributed by atoms with van der Waals surface area (Å²) in [7, 11) is 2.41. The molecule has 1 aliphatic carbocycles. The first kappa shape index (κ1) is 24.7. The molecule has 1 aliphatic rings. The highest BCUT2D eigenvalue weighted by Crippen LogP contribution is 2.33. The van der Waals surface area contributed by atoms with Gasteiger partial charge in [-0.05, 0) is 49.4 Å². The summed E-state index contributed by atoms with van der Waals surface area (Å²) in [4.78, 5) is 43.3. The van der Waals surface area contributed by atoms with Crippen molar-refractivity contribution in [3.63, 3.8) is 0 Å². The summed E-state index contributed by atoms with van der Waals surface area (Å²) in [6.07, 6.45) is 3.57. The molecule has 1 amide bonds. The third kappa shape index (κ3) is 5.51. The van der Waals surface area contributed by atoms with Crippen LogP contribution in [0.4, 0.5) is 10.1 Å². The van der Waals surface area contributed by atoms with E-state index in [-0.39, 0.29) is 39.1 Å². The molecule has 33 heavy (non-hydrogen) atoms. The van der Waals surface area contributed by atoms with E-state index >= 15 is 4.39 Å². The minimum atomic E-state index is -0.820. The van der Waals surface area contributed by atoms with Gasteiger partial charge in [0.15, 0.2) is 0 Å². The fourth-order valence-corrected chi connectivity index (χ4v) is 3.95. The topological polar surface area (TPSA) is 85.8 Å². The maximum absolute atomic E-state index is 15.1. The summed E-state index contributed by atoms with van der Waals surface area (Å²) in [5.74, 6) is -2.78. The Labute approximate surface area is 200 Å². The molecule has 0 saturated carbocycles. The van der Waals surface area contributed by atoms with Crippen LogP contribution >= 0.6 is 23.2 Å². The number of methoxy groups -OCH3 is 2. The summed E-state index contributed by atoms with van der Waals surface area (Å²) in [6.45, 7) is -0.0971. The quantitative estimate of drug-likeness (QED) is 0.419. The second-order valence-corrected chi connectivity index (χ2v) is 8.11. The lowest BCUT2D eigenvalue weighted by atomic mass is 9.90. The molecule has 3 rings (SSSR count). The number of esters is 2. The fourth-order valence-electron chi connectivity index (χ4n) is 3.61. The highest BCUT2D eigenvalue weighted by molar-refractivity contribution is 6.33. The van der Waals surface area contributed by atoms with Gasteiger partial charge in [-0.25, -0.2) is 19.0 Å². The maximum Gasteiger partial charge on any atom is 0.339 e. The number of carbonyl (C=O) groups is 3. The number of pyridine rings is 1. The summed E-state index contributed by atoms with van der Waals surface area (Å²) in [5, 5.41) is 0.0982. The lowest BCUT2D eigenvalue weighted by Crippen LogP contribution is -2.34. The number of nitrogens with zero attached hydrogens (tertiary/aromatic N) is 2. The molecule has 0 fully saturated rings. The van der Waals surface area contributed by atoms with E-state index in [4.69, 9.17) is 32.7 Å². The molecule has 0 spiro atoms. The van der Waals surface area contributed by atoms with Crippen molar-refractivity contribution in [3.8, 4) is 0 Å². The molecular weight excluding hydrogens is 474 g/mol. The number of aromatic nitrogens is 1. The van der Waals surface area contributed by atoms with E-state index in [2.05, 4.69) is 4.98 Å². The summed E-state index contributed by atoms with van der Waals surface area (Å²) < 4.78 is 24.7. The number of benzene rings is 1. The molecule has 7 nitrogen and oxygen atoms in total. The Morgan fingerprint density at radius 2 is 1.70 bits per heavy atom. The Balaban J connectivity index is 2.15. The van der Waals surface area contributed by atoms with E-state index in [9.17, 15) is 14.4 Å². The van der Waals surface area contributed by atoms with Crippen molar-refractivity contribution < 1.29 is 28.2 Å². The number of ether oxygens (including phenoxy) is 2. The molecular formula is C23H21Cl2FN2O5. The van der Waals surface area contributed by atoms with Crippen LogP contribution in [0.5, 0.6) is 0 Å². The van der Waals surface area contributed by atoms with E-state index in [1.807, 2.05) is 0 Å². The van der Waals surface area contributed by atoms with Crippen LogP contribution in [0.25, 0.3) is 0 Å². The predicted octanol–water partition coefficient (Wildman–Crippen LogP) is 4.89. The van der Waals surface area contributed by atoms with Crippen LogP contribution in [0.15, 0.2) is 41.6 Å². The van der Waals surface area contributed by atoms with Crippen molar-refractivity contribution in [1.29, 1.82) is 0 Å². The van der Waals surface area contributed by atoms with Gasteiger partial charge in [-0.15, -0.1) is 0 Å². The van der Waals surface area contributed by atoms with Gasteiger partial charge in [-0.3, -0.25) is 4.79 Å². The summed E-state index contributed by atoms with van der Waals surface area (Å²) in [5.41, 5.74) is 0.757. The van der Waals surface area contributed by atoms with Crippen molar-refractivity contribution in [2.24, 2.45) is 0 Å². The second-order valence-electron chi connectivity index (χ2n) is 7.31. The van der Waals surface area contributed by atoms with Gasteiger partial charge in [-0.2, -0.15) is 0 Å². The van der Waals surface area contributed by atoms with E-state index in [0.717, 1.165) is 23.5 Å². The number of hydrogen-bond acceptors (Lipinski definition) is 6. The average Bonchev–Trinajstić information content (AvgIpc) is 2.82. The van der Waals surface area contributed by atoms with Crippen LogP contribution < -0.4 is 4.90 Å². The van der Waals surface area contributed by atoms with Gasteiger partial charge in [0.1, 0.15) is 11.0 Å². The third-order valence-corrected chi connectivity index (χ3v) is 5.80. The molecule has 1 heterocycles. The smallest absolute Gasteiger partial charge is 0.339 e. The molecule has 0 saturated heterocycles. The number of halogens is 3. The molecule has 0 unspecified atom stereocenters. The van der Waals surface area contributed by atoms with Crippen molar-refractivity contribution in [1.82, 2.24) is 4.98 Å². The Hall–Kier alpha value is -2.97. The number of rotatable bonds is 6. The number of anilines is 1. The molecule has 1 aromatic carbocycles. The second kappa shape index (κ2) is 10.8. The van der Waals surface area contributed by atoms with Gasteiger partial charge in [-0.1, -0.05) is 29.3 Å². The van der Waals surface area contributed by atoms with Gasteiger partial charge < -0.3 is 14.4 Å². The molecule has 0 aliphatic heterocycles. The van der Waals surface area contributed by atoms with E-state index in [0.29, 0.717) is 24.8 Å². The Kier molecular flexibility index (Phi) is 8.05. The average molecular weight is 495 g/mol. The normalized spacial score (nSPS) is 13.5. The van der Waals surface area contributed by atoms with Gasteiger partial charge >= 0.3 is 11.9 Å². The van der Waals surface area contributed by atoms with Crippen molar-refractivity contribution in [3.05, 3.63) is 68.7 Å². The van der Waals surface area contributed by atoms with Crippen LogP contribution in [-0.2, 0) is 25.6 Å². The van der Waals surface area contributed by atoms with Crippen molar-refractivity contribution in [2.45, 2.75) is 32.2 Å². The Morgan fingerprint density at radius 3 is 2.30 bits per heavy atom. The lowest BCUT2D eigenvalue weighted by molar-refractivity contribution is -0.136. The number of carbonyl (C=O) groups excluding carboxylic acids is 3. The zero-order valence-electron chi connectivity index (χ0n) is 18.0. The van der Waals surface area contributed by atoms with Crippen LogP contribution in [-0.4, -0.2) is 37.0 Å². The van der Waals surface area contributed by atoms with Gasteiger partial charge in [0.2, 0.25) is 0 Å². The van der Waals surface area contributed by atoms with Crippen LogP contribution in [0.2, 0.25) is 10.2 Å². The van der Waals surface area contributed by atoms with Crippen LogP contribution in [0.1, 0.15) is 41.6 Å². The Morgan fingerprint density at radius 1 is 1.03 bits per heavy atom. The Bertz CT molecular complexity index is 1120. The van der Waals surface area contributed by atoms with E-state index in [1.54, 1.807) is 6.07 Å². The lowest BCUT2D eigenvalue weighted by Gasteiger charge is -2.28. The first-order valence-electron chi connectivity index (χ1n) is 10.1. The highest BCUT2D eigenvalue weighted by atomic mass is 35.5. The zero-order chi connectivity index (χ0) is 24.1. The molecule has 0 N–H and O–H groups in total. The van der Waals surface area contributed by atoms with Gasteiger partial charge in [0.25, 0.3) is 5.91 Å². The molecule has 0 radical (unpaired) electrons. The summed E-state index contributed by atoms with van der Waals surface area (Å²) >= 11 is 11.9. The van der Waals surface area contributed by atoms with Crippen LogP contribution in [0, 0.1) is 5.82 Å². The number of amides is 1. The molecule has 0 atom stereocenters. The van der Waals surface area contributed by atoms with Crippen LogP contribution in [0.3, 0.4) is 0 Å². The molecule has 1 aromatic heterocycles. The monoisotopic (exact) mass is 494 g/mol. The molecule has 2 aromatic rings. The minimum absolute atomic E-state index is 0.0971. The molecule has 10 heteroatoms. The first-order chi connectivity index (χ1) is 15.8. The molecule has 174 valence electrons. The number of hydrogen-bond donors (Lipinski definition) is 0.